The highest BCUT2D eigenvalue weighted by Gasteiger charge is 2.17. The highest BCUT2D eigenvalue weighted by atomic mass is 32.2. The van der Waals surface area contributed by atoms with Gasteiger partial charge in [-0.05, 0) is 26.5 Å². The van der Waals surface area contributed by atoms with Gasteiger partial charge in [-0.3, -0.25) is 0 Å². The SMILES string of the molecule is CCN.Cc1cc(C)nc(S(=O)(=O)CCN)n1.O. The third-order valence-electron chi connectivity index (χ3n) is 1.63. The summed E-state index contributed by atoms with van der Waals surface area (Å²) in [5.74, 6) is -0.115. The molecular weight excluding hydrogens is 256 g/mol. The van der Waals surface area contributed by atoms with Gasteiger partial charge in [0.25, 0.3) is 0 Å². The van der Waals surface area contributed by atoms with Crippen molar-refractivity contribution in [3.05, 3.63) is 17.5 Å². The molecule has 1 aromatic rings. The molecule has 7 nitrogen and oxygen atoms in total. The number of hydrogen-bond acceptors (Lipinski definition) is 6. The monoisotopic (exact) mass is 278 g/mol. The zero-order valence-electron chi connectivity index (χ0n) is 11.0. The van der Waals surface area contributed by atoms with Gasteiger partial charge in [0, 0.05) is 17.9 Å². The topological polar surface area (TPSA) is 143 Å². The van der Waals surface area contributed by atoms with Gasteiger partial charge in [-0.25, -0.2) is 18.4 Å². The van der Waals surface area contributed by atoms with Crippen LogP contribution in [0.2, 0.25) is 0 Å². The first-order chi connectivity index (χ1) is 7.87. The summed E-state index contributed by atoms with van der Waals surface area (Å²) < 4.78 is 23.1. The van der Waals surface area contributed by atoms with Gasteiger partial charge in [0.15, 0.2) is 0 Å². The van der Waals surface area contributed by atoms with Crippen molar-refractivity contribution >= 4 is 9.84 Å². The second kappa shape index (κ2) is 8.92. The molecule has 0 bridgehead atoms. The number of nitrogens with zero attached hydrogens (tertiary/aromatic N) is 2. The number of nitrogens with two attached hydrogens (primary N) is 2. The van der Waals surface area contributed by atoms with E-state index in [2.05, 4.69) is 9.97 Å². The van der Waals surface area contributed by atoms with Crippen molar-refractivity contribution in [1.82, 2.24) is 9.97 Å². The molecule has 0 aliphatic carbocycles. The van der Waals surface area contributed by atoms with Crippen molar-refractivity contribution in [2.45, 2.75) is 25.9 Å². The Bertz CT molecular complexity index is 428. The maximum atomic E-state index is 11.5. The van der Waals surface area contributed by atoms with Crippen LogP contribution < -0.4 is 11.5 Å². The second-order valence-corrected chi connectivity index (χ2v) is 5.45. The number of sulfone groups is 1. The lowest BCUT2D eigenvalue weighted by molar-refractivity contribution is 0.585. The van der Waals surface area contributed by atoms with Crippen molar-refractivity contribution in [3.63, 3.8) is 0 Å². The van der Waals surface area contributed by atoms with Crippen LogP contribution in [0.15, 0.2) is 11.2 Å². The highest BCUT2D eigenvalue weighted by Crippen LogP contribution is 2.06. The van der Waals surface area contributed by atoms with E-state index >= 15 is 0 Å². The second-order valence-electron chi connectivity index (χ2n) is 3.45. The van der Waals surface area contributed by atoms with Crippen molar-refractivity contribution in [1.29, 1.82) is 0 Å². The van der Waals surface area contributed by atoms with Crippen LogP contribution in [0.1, 0.15) is 18.3 Å². The van der Waals surface area contributed by atoms with Crippen LogP contribution in [0.25, 0.3) is 0 Å². The molecule has 0 saturated carbocycles. The van der Waals surface area contributed by atoms with Crippen LogP contribution >= 0.6 is 0 Å². The van der Waals surface area contributed by atoms with E-state index in [9.17, 15) is 8.42 Å². The average molecular weight is 278 g/mol. The van der Waals surface area contributed by atoms with Crippen LogP contribution in [-0.4, -0.2) is 42.7 Å². The molecular formula is C10H22N4O3S. The molecule has 0 atom stereocenters. The van der Waals surface area contributed by atoms with Crippen LogP contribution in [-0.2, 0) is 9.84 Å². The first-order valence-corrected chi connectivity index (χ1v) is 6.97. The zero-order chi connectivity index (χ0) is 13.5. The normalized spacial score (nSPS) is 10.1. The predicted molar refractivity (Wildman–Crippen MR) is 71.0 cm³/mol. The molecule has 6 N–H and O–H groups in total. The van der Waals surface area contributed by atoms with Gasteiger partial charge in [0.05, 0.1) is 5.75 Å². The predicted octanol–water partition coefficient (Wildman–Crippen LogP) is -1.03. The largest absolute Gasteiger partial charge is 0.412 e. The third kappa shape index (κ3) is 6.60. The van der Waals surface area contributed by atoms with E-state index in [1.807, 2.05) is 6.92 Å². The van der Waals surface area contributed by atoms with Crippen LogP contribution in [0.3, 0.4) is 0 Å². The highest BCUT2D eigenvalue weighted by molar-refractivity contribution is 7.91. The van der Waals surface area contributed by atoms with Gasteiger partial charge in [0.1, 0.15) is 0 Å². The first kappa shape index (κ1) is 19.3. The standard InChI is InChI=1S/C8H13N3O2S.C2H7N.H2O/c1-6-5-7(2)11-8(10-6)14(12,13)4-3-9;1-2-3;/h5H,3-4,9H2,1-2H3;2-3H2,1H3;1H2. The fourth-order valence-corrected chi connectivity index (χ4v) is 2.14. The molecule has 106 valence electrons. The molecule has 0 saturated heterocycles. The fourth-order valence-electron chi connectivity index (χ4n) is 1.08. The summed E-state index contributed by atoms with van der Waals surface area (Å²) in [5.41, 5.74) is 11.3. The van der Waals surface area contributed by atoms with Gasteiger partial charge < -0.3 is 16.9 Å². The van der Waals surface area contributed by atoms with E-state index in [0.717, 1.165) is 6.54 Å². The number of hydrogen-bond donors (Lipinski definition) is 2. The lowest BCUT2D eigenvalue weighted by atomic mass is 10.4. The summed E-state index contributed by atoms with van der Waals surface area (Å²) in [5, 5.41) is -0.125. The summed E-state index contributed by atoms with van der Waals surface area (Å²) in [6.45, 7) is 6.20. The summed E-state index contributed by atoms with van der Waals surface area (Å²) in [6.07, 6.45) is 0. The Balaban J connectivity index is 0. The van der Waals surface area contributed by atoms with Gasteiger partial charge in [0.2, 0.25) is 15.0 Å². The first-order valence-electron chi connectivity index (χ1n) is 5.32. The van der Waals surface area contributed by atoms with Crippen molar-refractivity contribution < 1.29 is 13.9 Å². The van der Waals surface area contributed by atoms with Gasteiger partial charge in [-0.15, -0.1) is 0 Å². The quantitative estimate of drug-likeness (QED) is 0.676. The molecule has 0 aliphatic heterocycles. The van der Waals surface area contributed by atoms with E-state index in [0.29, 0.717) is 11.4 Å². The Hall–Kier alpha value is -1.09. The maximum Gasteiger partial charge on any atom is 0.247 e. The van der Waals surface area contributed by atoms with Crippen LogP contribution in [0, 0.1) is 13.8 Å². The number of aromatic nitrogens is 2. The molecule has 1 aromatic heterocycles. The number of rotatable bonds is 3. The molecule has 18 heavy (non-hydrogen) atoms. The summed E-state index contributed by atoms with van der Waals surface area (Å²) in [4.78, 5) is 7.74. The van der Waals surface area contributed by atoms with Crippen LogP contribution in [0.4, 0.5) is 0 Å². The Kier molecular flexibility index (Phi) is 9.54. The van der Waals surface area contributed by atoms with Crippen LogP contribution in [0.5, 0.6) is 0 Å². The molecule has 1 rings (SSSR count). The molecule has 0 aromatic carbocycles. The summed E-state index contributed by atoms with van der Waals surface area (Å²) in [7, 11) is -3.40. The molecule has 0 radical (unpaired) electrons. The average Bonchev–Trinajstić information content (AvgIpc) is 2.17. The minimum absolute atomic E-state index is 0. The maximum absolute atomic E-state index is 11.5. The summed E-state index contributed by atoms with van der Waals surface area (Å²) >= 11 is 0. The van der Waals surface area contributed by atoms with E-state index in [-0.39, 0.29) is 22.9 Å². The minimum atomic E-state index is -3.40. The van der Waals surface area contributed by atoms with Gasteiger partial charge in [-0.1, -0.05) is 6.92 Å². The van der Waals surface area contributed by atoms with E-state index < -0.39 is 9.84 Å². The Morgan fingerprint density at radius 2 is 1.56 bits per heavy atom. The number of aryl methyl sites for hydroxylation is 2. The van der Waals surface area contributed by atoms with E-state index in [4.69, 9.17) is 11.5 Å². The molecule has 1 heterocycles. The van der Waals surface area contributed by atoms with E-state index in [1.165, 1.54) is 0 Å². The molecule has 0 aliphatic rings. The fraction of sp³-hybridized carbons (Fsp3) is 0.600. The van der Waals surface area contributed by atoms with E-state index in [1.54, 1.807) is 19.9 Å². The molecule has 0 fully saturated rings. The lowest BCUT2D eigenvalue weighted by Crippen LogP contribution is -2.18. The minimum Gasteiger partial charge on any atom is -0.412 e. The third-order valence-corrected chi connectivity index (χ3v) is 3.14. The molecule has 8 heteroatoms. The van der Waals surface area contributed by atoms with Crippen molar-refractivity contribution in [3.8, 4) is 0 Å². The molecule has 0 unspecified atom stereocenters. The Labute approximate surface area is 108 Å². The van der Waals surface area contributed by atoms with Gasteiger partial charge in [-0.2, -0.15) is 0 Å². The van der Waals surface area contributed by atoms with Gasteiger partial charge >= 0.3 is 0 Å². The molecule has 0 spiro atoms. The van der Waals surface area contributed by atoms with Crippen molar-refractivity contribution in [2.75, 3.05) is 18.8 Å². The molecule has 0 amide bonds. The lowest BCUT2D eigenvalue weighted by Gasteiger charge is -2.03. The Morgan fingerprint density at radius 1 is 1.17 bits per heavy atom. The zero-order valence-corrected chi connectivity index (χ0v) is 11.8. The smallest absolute Gasteiger partial charge is 0.247 e. The summed E-state index contributed by atoms with van der Waals surface area (Å²) in [6, 6.07) is 1.72. The van der Waals surface area contributed by atoms with Crippen molar-refractivity contribution in [2.24, 2.45) is 11.5 Å². The Morgan fingerprint density at radius 3 is 1.89 bits per heavy atom.